The van der Waals surface area contributed by atoms with E-state index in [9.17, 15) is 9.59 Å². The average Bonchev–Trinajstić information content (AvgIpc) is 2.55. The molecule has 22 heavy (non-hydrogen) atoms. The molecule has 0 bridgehead atoms. The van der Waals surface area contributed by atoms with Crippen LogP contribution in [0.3, 0.4) is 0 Å². The van der Waals surface area contributed by atoms with Gasteiger partial charge in [-0.3, -0.25) is 4.79 Å². The largest absolute Gasteiger partial charge is 0.488 e. The summed E-state index contributed by atoms with van der Waals surface area (Å²) in [6, 6.07) is 14.0. The monoisotopic (exact) mass is 294 g/mol. The maximum atomic E-state index is 12.2. The molecular weight excluding hydrogens is 280 g/mol. The van der Waals surface area contributed by atoms with E-state index in [0.717, 1.165) is 11.3 Å². The fraction of sp³-hybridized carbons (Fsp3) is 0.111. The molecular formula is C18H14O4. The number of hydrogen-bond donors (Lipinski definition) is 0. The molecule has 110 valence electrons. The van der Waals surface area contributed by atoms with Crippen molar-refractivity contribution in [2.75, 3.05) is 6.61 Å². The second-order valence-corrected chi connectivity index (χ2v) is 4.97. The van der Waals surface area contributed by atoms with Gasteiger partial charge in [0.25, 0.3) is 0 Å². The van der Waals surface area contributed by atoms with Gasteiger partial charge in [-0.25, -0.2) is 4.79 Å². The van der Waals surface area contributed by atoms with Crippen LogP contribution in [0.5, 0.6) is 11.5 Å². The Balaban J connectivity index is 1.75. The number of rotatable bonds is 3. The van der Waals surface area contributed by atoms with Crippen LogP contribution < -0.4 is 9.47 Å². The van der Waals surface area contributed by atoms with Crippen molar-refractivity contribution in [2.24, 2.45) is 0 Å². The molecule has 0 saturated carbocycles. The molecule has 0 radical (unpaired) electrons. The van der Waals surface area contributed by atoms with Crippen LogP contribution in [-0.4, -0.2) is 18.4 Å². The third kappa shape index (κ3) is 2.91. The van der Waals surface area contributed by atoms with Crippen LogP contribution in [0.25, 0.3) is 6.08 Å². The minimum atomic E-state index is -0.454. The maximum absolute atomic E-state index is 12.2. The van der Waals surface area contributed by atoms with Gasteiger partial charge in [-0.15, -0.1) is 0 Å². The van der Waals surface area contributed by atoms with E-state index in [-0.39, 0.29) is 12.4 Å². The van der Waals surface area contributed by atoms with Crippen molar-refractivity contribution in [2.45, 2.75) is 6.92 Å². The highest BCUT2D eigenvalue weighted by atomic mass is 16.5. The zero-order valence-corrected chi connectivity index (χ0v) is 12.0. The van der Waals surface area contributed by atoms with E-state index < -0.39 is 5.97 Å². The normalized spacial score (nSPS) is 12.7. The molecule has 0 fully saturated rings. The number of benzene rings is 2. The lowest BCUT2D eigenvalue weighted by atomic mass is 10.1. The molecule has 4 nitrogen and oxygen atoms in total. The van der Waals surface area contributed by atoms with Gasteiger partial charge in [-0.1, -0.05) is 18.2 Å². The van der Waals surface area contributed by atoms with Gasteiger partial charge >= 0.3 is 5.97 Å². The van der Waals surface area contributed by atoms with Crippen molar-refractivity contribution in [1.29, 1.82) is 0 Å². The van der Waals surface area contributed by atoms with Crippen LogP contribution in [0.4, 0.5) is 0 Å². The second-order valence-electron chi connectivity index (χ2n) is 4.97. The maximum Gasteiger partial charge on any atom is 0.342 e. The predicted octanol–water partition coefficient (Wildman–Crippen LogP) is 3.27. The fourth-order valence-corrected chi connectivity index (χ4v) is 2.16. The molecule has 0 aromatic heterocycles. The molecule has 0 N–H and O–H groups in total. The van der Waals surface area contributed by atoms with Crippen LogP contribution >= 0.6 is 0 Å². The second kappa shape index (κ2) is 5.85. The predicted molar refractivity (Wildman–Crippen MR) is 82.0 cm³/mol. The van der Waals surface area contributed by atoms with E-state index in [2.05, 4.69) is 0 Å². The Hall–Kier alpha value is -2.88. The first-order valence-electron chi connectivity index (χ1n) is 6.89. The van der Waals surface area contributed by atoms with Gasteiger partial charge in [0.05, 0.1) is 5.57 Å². The third-order valence-electron chi connectivity index (χ3n) is 3.37. The smallest absolute Gasteiger partial charge is 0.342 e. The molecule has 2 aromatic rings. The number of fused-ring (bicyclic) bond motifs is 1. The number of esters is 1. The van der Waals surface area contributed by atoms with Crippen LogP contribution in [0.15, 0.2) is 54.1 Å². The molecule has 0 atom stereocenters. The lowest BCUT2D eigenvalue weighted by molar-refractivity contribution is -0.130. The first kappa shape index (κ1) is 14.1. The number of hydrogen-bond acceptors (Lipinski definition) is 4. The molecule has 0 spiro atoms. The molecule has 1 heterocycles. The van der Waals surface area contributed by atoms with E-state index in [1.807, 2.05) is 24.3 Å². The number of Topliss-reactive ketones (excluding diaryl/α,β-unsaturated/α-hetero) is 1. The summed E-state index contributed by atoms with van der Waals surface area (Å²) in [5.74, 6) is 0.669. The van der Waals surface area contributed by atoms with Gasteiger partial charge in [-0.05, 0) is 43.3 Å². The van der Waals surface area contributed by atoms with Gasteiger partial charge in [0, 0.05) is 11.1 Å². The lowest BCUT2D eigenvalue weighted by Gasteiger charge is -2.16. The summed E-state index contributed by atoms with van der Waals surface area (Å²) in [4.78, 5) is 23.4. The molecule has 0 saturated heterocycles. The number of para-hydroxylation sites is 1. The molecule has 1 aliphatic heterocycles. The lowest BCUT2D eigenvalue weighted by Crippen LogP contribution is -2.19. The molecule has 0 amide bonds. The summed E-state index contributed by atoms with van der Waals surface area (Å²) in [5.41, 5.74) is 1.89. The first-order chi connectivity index (χ1) is 10.6. The third-order valence-corrected chi connectivity index (χ3v) is 3.37. The van der Waals surface area contributed by atoms with Crippen molar-refractivity contribution in [1.82, 2.24) is 0 Å². The highest BCUT2D eigenvalue weighted by Gasteiger charge is 2.18. The zero-order valence-electron chi connectivity index (χ0n) is 12.0. The minimum absolute atomic E-state index is 0.0297. The van der Waals surface area contributed by atoms with E-state index in [0.29, 0.717) is 16.9 Å². The summed E-state index contributed by atoms with van der Waals surface area (Å²) in [5, 5.41) is 0. The Labute approximate surface area is 128 Å². The van der Waals surface area contributed by atoms with E-state index in [1.54, 1.807) is 30.3 Å². The van der Waals surface area contributed by atoms with E-state index >= 15 is 0 Å². The zero-order chi connectivity index (χ0) is 15.5. The Bertz CT molecular complexity index is 757. The number of ketones is 1. The minimum Gasteiger partial charge on any atom is -0.488 e. The molecule has 4 heteroatoms. The van der Waals surface area contributed by atoms with Crippen LogP contribution in [-0.2, 0) is 4.79 Å². The highest BCUT2D eigenvalue weighted by Crippen LogP contribution is 2.26. The van der Waals surface area contributed by atoms with Gasteiger partial charge in [0.1, 0.15) is 18.1 Å². The van der Waals surface area contributed by atoms with Crippen molar-refractivity contribution >= 4 is 17.8 Å². The van der Waals surface area contributed by atoms with Crippen molar-refractivity contribution < 1.29 is 19.1 Å². The summed E-state index contributed by atoms with van der Waals surface area (Å²) < 4.78 is 10.8. The number of carbonyl (C=O) groups excluding carboxylic acids is 2. The Kier molecular flexibility index (Phi) is 3.74. The summed E-state index contributed by atoms with van der Waals surface area (Å²) in [6.45, 7) is 1.67. The van der Waals surface area contributed by atoms with E-state index in [4.69, 9.17) is 9.47 Å². The van der Waals surface area contributed by atoms with E-state index in [1.165, 1.54) is 6.92 Å². The topological polar surface area (TPSA) is 52.6 Å². The van der Waals surface area contributed by atoms with Crippen LogP contribution in [0.2, 0.25) is 0 Å². The van der Waals surface area contributed by atoms with Crippen LogP contribution in [0.1, 0.15) is 22.8 Å². The summed E-state index contributed by atoms with van der Waals surface area (Å²) in [7, 11) is 0. The SMILES string of the molecule is CC(=O)c1ccc(OC(=O)C2=Cc3ccccc3OC2)cc1. The Morgan fingerprint density at radius 1 is 1.05 bits per heavy atom. The van der Waals surface area contributed by atoms with Gasteiger partial charge in [0.2, 0.25) is 0 Å². The quantitative estimate of drug-likeness (QED) is 0.495. The fourth-order valence-electron chi connectivity index (χ4n) is 2.16. The number of ether oxygens (including phenoxy) is 2. The van der Waals surface area contributed by atoms with Crippen molar-refractivity contribution in [3.8, 4) is 11.5 Å². The number of carbonyl (C=O) groups is 2. The highest BCUT2D eigenvalue weighted by molar-refractivity contribution is 5.97. The average molecular weight is 294 g/mol. The molecule has 2 aromatic carbocycles. The van der Waals surface area contributed by atoms with Gasteiger partial charge in [0.15, 0.2) is 5.78 Å². The van der Waals surface area contributed by atoms with Gasteiger partial charge in [-0.2, -0.15) is 0 Å². The molecule has 0 unspecified atom stereocenters. The van der Waals surface area contributed by atoms with Crippen LogP contribution in [0, 0.1) is 0 Å². The molecule has 0 aliphatic carbocycles. The standard InChI is InChI=1S/C18H14O4/c1-12(19)13-6-8-16(9-7-13)22-18(20)15-10-14-4-2-3-5-17(14)21-11-15/h2-10H,11H2,1H3. The molecule has 3 rings (SSSR count). The van der Waals surface area contributed by atoms with Gasteiger partial charge < -0.3 is 9.47 Å². The first-order valence-corrected chi connectivity index (χ1v) is 6.89. The van der Waals surface area contributed by atoms with Crippen molar-refractivity contribution in [3.63, 3.8) is 0 Å². The molecule has 1 aliphatic rings. The Morgan fingerprint density at radius 3 is 2.50 bits per heavy atom. The Morgan fingerprint density at radius 2 is 1.77 bits per heavy atom. The summed E-state index contributed by atoms with van der Waals surface area (Å²) in [6.07, 6.45) is 1.77. The van der Waals surface area contributed by atoms with Crippen molar-refractivity contribution in [3.05, 3.63) is 65.2 Å². The summed E-state index contributed by atoms with van der Waals surface area (Å²) >= 11 is 0.